The van der Waals surface area contributed by atoms with Crippen LogP contribution in [0.15, 0.2) is 30.6 Å². The van der Waals surface area contributed by atoms with E-state index < -0.39 is 0 Å². The van der Waals surface area contributed by atoms with Crippen LogP contribution in [0.5, 0.6) is 5.75 Å². The third kappa shape index (κ3) is 4.04. The van der Waals surface area contributed by atoms with Gasteiger partial charge in [0.15, 0.2) is 5.82 Å². The summed E-state index contributed by atoms with van der Waals surface area (Å²) in [6, 6.07) is 9.00. The van der Waals surface area contributed by atoms with Gasteiger partial charge < -0.3 is 10.1 Å². The van der Waals surface area contributed by atoms with Crippen LogP contribution in [-0.4, -0.2) is 20.8 Å². The lowest BCUT2D eigenvalue weighted by Gasteiger charge is -2.08. The zero-order valence-corrected chi connectivity index (χ0v) is 12.5. The van der Waals surface area contributed by atoms with Gasteiger partial charge in [-0.15, -0.1) is 0 Å². The molecule has 0 atom stereocenters. The van der Waals surface area contributed by atoms with Gasteiger partial charge in [0.05, 0.1) is 0 Å². The molecule has 1 fully saturated rings. The summed E-state index contributed by atoms with van der Waals surface area (Å²) in [5, 5.41) is 7.70. The van der Waals surface area contributed by atoms with Gasteiger partial charge in [0, 0.05) is 19.1 Å². The Balaban J connectivity index is 1.51. The molecule has 5 nitrogen and oxygen atoms in total. The van der Waals surface area contributed by atoms with Crippen molar-refractivity contribution in [1.82, 2.24) is 20.1 Å². The van der Waals surface area contributed by atoms with Crippen molar-refractivity contribution in [2.24, 2.45) is 0 Å². The van der Waals surface area contributed by atoms with Gasteiger partial charge in [0.25, 0.3) is 0 Å². The number of rotatable bonds is 8. The molecule has 1 N–H and O–H groups in total. The molecule has 1 saturated carbocycles. The van der Waals surface area contributed by atoms with Crippen LogP contribution in [-0.2, 0) is 19.7 Å². The third-order valence-electron chi connectivity index (χ3n) is 3.59. The second-order valence-corrected chi connectivity index (χ2v) is 5.49. The topological polar surface area (TPSA) is 52.0 Å². The zero-order chi connectivity index (χ0) is 14.5. The molecule has 1 aromatic heterocycles. The molecule has 21 heavy (non-hydrogen) atoms. The van der Waals surface area contributed by atoms with Crippen molar-refractivity contribution in [3.05, 3.63) is 42.0 Å². The van der Waals surface area contributed by atoms with E-state index in [0.29, 0.717) is 6.61 Å². The van der Waals surface area contributed by atoms with E-state index in [1.807, 2.05) is 16.8 Å². The molecule has 0 radical (unpaired) electrons. The van der Waals surface area contributed by atoms with Crippen molar-refractivity contribution in [1.29, 1.82) is 0 Å². The number of benzene rings is 1. The molecule has 1 aromatic carbocycles. The lowest BCUT2D eigenvalue weighted by atomic mass is 10.2. The summed E-state index contributed by atoms with van der Waals surface area (Å²) in [4.78, 5) is 4.24. The van der Waals surface area contributed by atoms with Crippen LogP contribution in [0.3, 0.4) is 0 Å². The quantitative estimate of drug-likeness (QED) is 0.810. The largest absolute Gasteiger partial charge is 0.486 e. The molecule has 0 aliphatic heterocycles. The highest BCUT2D eigenvalue weighted by molar-refractivity contribution is 5.27. The smallest absolute Gasteiger partial charge is 0.164 e. The van der Waals surface area contributed by atoms with Gasteiger partial charge in [-0.25, -0.2) is 9.67 Å². The maximum Gasteiger partial charge on any atom is 0.164 e. The van der Waals surface area contributed by atoms with Crippen molar-refractivity contribution in [3.8, 4) is 5.75 Å². The average molecular weight is 286 g/mol. The van der Waals surface area contributed by atoms with Gasteiger partial charge >= 0.3 is 0 Å². The molecule has 0 bridgehead atoms. The fourth-order valence-corrected chi connectivity index (χ4v) is 2.20. The molecule has 1 aliphatic rings. The zero-order valence-electron chi connectivity index (χ0n) is 12.5. The van der Waals surface area contributed by atoms with Crippen molar-refractivity contribution in [2.45, 2.75) is 51.9 Å². The Morgan fingerprint density at radius 2 is 2.10 bits per heavy atom. The Morgan fingerprint density at radius 3 is 2.81 bits per heavy atom. The highest BCUT2D eigenvalue weighted by Gasteiger charge is 2.19. The lowest BCUT2D eigenvalue weighted by Crippen LogP contribution is -2.15. The van der Waals surface area contributed by atoms with E-state index in [9.17, 15) is 0 Å². The van der Waals surface area contributed by atoms with Crippen LogP contribution in [0.1, 0.15) is 37.6 Å². The first-order chi connectivity index (χ1) is 10.3. The highest BCUT2D eigenvalue weighted by Crippen LogP contribution is 2.20. The van der Waals surface area contributed by atoms with E-state index in [0.717, 1.165) is 37.1 Å². The van der Waals surface area contributed by atoms with Gasteiger partial charge in [0.1, 0.15) is 18.7 Å². The number of nitrogens with zero attached hydrogens (tertiary/aromatic N) is 3. The van der Waals surface area contributed by atoms with Crippen LogP contribution in [0.2, 0.25) is 0 Å². The Morgan fingerprint density at radius 1 is 1.29 bits per heavy atom. The predicted octanol–water partition coefficient (Wildman–Crippen LogP) is 2.52. The first-order valence-electron chi connectivity index (χ1n) is 7.67. The van der Waals surface area contributed by atoms with Gasteiger partial charge in [-0.1, -0.05) is 19.1 Å². The summed E-state index contributed by atoms with van der Waals surface area (Å²) in [6.45, 7) is 4.40. The highest BCUT2D eigenvalue weighted by atomic mass is 16.5. The third-order valence-corrected chi connectivity index (χ3v) is 3.59. The molecule has 1 heterocycles. The Kier molecular flexibility index (Phi) is 4.50. The summed E-state index contributed by atoms with van der Waals surface area (Å²) in [7, 11) is 0. The number of hydrogen-bond donors (Lipinski definition) is 1. The molecular formula is C16H22N4O. The van der Waals surface area contributed by atoms with Crippen LogP contribution >= 0.6 is 0 Å². The van der Waals surface area contributed by atoms with Crippen LogP contribution in [0.25, 0.3) is 0 Å². The number of aromatic nitrogens is 3. The summed E-state index contributed by atoms with van der Waals surface area (Å²) in [6.07, 6.45) is 5.26. The molecule has 0 unspecified atom stereocenters. The number of hydrogen-bond acceptors (Lipinski definition) is 4. The van der Waals surface area contributed by atoms with E-state index in [-0.39, 0.29) is 0 Å². The summed E-state index contributed by atoms with van der Waals surface area (Å²) in [5.41, 5.74) is 1.29. The molecule has 112 valence electrons. The molecule has 3 rings (SSSR count). The number of aryl methyl sites for hydroxylation is 1. The van der Waals surface area contributed by atoms with E-state index >= 15 is 0 Å². The van der Waals surface area contributed by atoms with Crippen LogP contribution in [0.4, 0.5) is 0 Å². The Bertz CT molecular complexity index is 560. The molecule has 0 spiro atoms. The molecule has 0 saturated heterocycles. The Hall–Kier alpha value is -1.88. The van der Waals surface area contributed by atoms with Crippen molar-refractivity contribution >= 4 is 0 Å². The molecule has 0 amide bonds. The second kappa shape index (κ2) is 6.72. The number of nitrogens with one attached hydrogen (secondary N) is 1. The molecule has 1 aliphatic carbocycles. The minimum Gasteiger partial charge on any atom is -0.486 e. The van der Waals surface area contributed by atoms with E-state index in [4.69, 9.17) is 4.74 Å². The van der Waals surface area contributed by atoms with Crippen LogP contribution < -0.4 is 10.1 Å². The summed E-state index contributed by atoms with van der Waals surface area (Å²) >= 11 is 0. The monoisotopic (exact) mass is 286 g/mol. The minimum atomic E-state index is 0.458. The van der Waals surface area contributed by atoms with Crippen molar-refractivity contribution < 1.29 is 4.74 Å². The minimum absolute atomic E-state index is 0.458. The maximum atomic E-state index is 5.79. The maximum absolute atomic E-state index is 5.79. The van der Waals surface area contributed by atoms with Crippen molar-refractivity contribution in [2.75, 3.05) is 0 Å². The van der Waals surface area contributed by atoms with E-state index in [2.05, 4.69) is 34.5 Å². The lowest BCUT2D eigenvalue weighted by molar-refractivity contribution is 0.286. The van der Waals surface area contributed by atoms with Gasteiger partial charge in [-0.3, -0.25) is 0 Å². The van der Waals surface area contributed by atoms with Gasteiger partial charge in [0.2, 0.25) is 0 Å². The molecule has 2 aromatic rings. The Labute approximate surface area is 125 Å². The molecular weight excluding hydrogens is 264 g/mol. The van der Waals surface area contributed by atoms with E-state index in [1.165, 1.54) is 18.4 Å². The van der Waals surface area contributed by atoms with Crippen LogP contribution in [0, 0.1) is 0 Å². The summed E-state index contributed by atoms with van der Waals surface area (Å²) in [5.74, 6) is 1.74. The fraction of sp³-hybridized carbons (Fsp3) is 0.500. The van der Waals surface area contributed by atoms with Gasteiger partial charge in [-0.05, 0) is 37.0 Å². The summed E-state index contributed by atoms with van der Waals surface area (Å²) < 4.78 is 7.68. The number of ether oxygens (including phenoxy) is 1. The van der Waals surface area contributed by atoms with Gasteiger partial charge in [-0.2, -0.15) is 5.10 Å². The first kappa shape index (κ1) is 14.1. The average Bonchev–Trinajstić information content (AvgIpc) is 3.24. The van der Waals surface area contributed by atoms with Crippen molar-refractivity contribution in [3.63, 3.8) is 0 Å². The first-order valence-corrected chi connectivity index (χ1v) is 7.67. The normalized spacial score (nSPS) is 14.3. The molecule has 5 heteroatoms. The van der Waals surface area contributed by atoms with E-state index in [1.54, 1.807) is 6.33 Å². The second-order valence-electron chi connectivity index (χ2n) is 5.49. The SMILES string of the molecule is CCCn1ncnc1COc1ccc(CNC2CC2)cc1. The fourth-order valence-electron chi connectivity index (χ4n) is 2.20. The standard InChI is InChI=1S/C16H22N4O/c1-2-9-20-16(18-12-19-20)11-21-15-7-3-13(4-8-15)10-17-14-5-6-14/h3-4,7-8,12,14,17H,2,5-6,9-11H2,1H3. The predicted molar refractivity (Wildman–Crippen MR) is 80.9 cm³/mol.